The highest BCUT2D eigenvalue weighted by Gasteiger charge is 2.16. The normalized spacial score (nSPS) is 10.9. The molecular formula is C16H25N5. The summed E-state index contributed by atoms with van der Waals surface area (Å²) in [6, 6.07) is 6.06. The van der Waals surface area contributed by atoms with Crippen LogP contribution in [0.4, 0.5) is 5.82 Å². The van der Waals surface area contributed by atoms with Gasteiger partial charge in [-0.05, 0) is 25.6 Å². The fraction of sp³-hybridized carbons (Fsp3) is 0.500. The molecule has 0 spiro atoms. The van der Waals surface area contributed by atoms with Crippen molar-refractivity contribution in [3.8, 4) is 0 Å². The zero-order chi connectivity index (χ0) is 15.2. The van der Waals surface area contributed by atoms with Crippen LogP contribution in [0.1, 0.15) is 23.9 Å². The predicted octanol–water partition coefficient (Wildman–Crippen LogP) is 1.91. The van der Waals surface area contributed by atoms with Gasteiger partial charge >= 0.3 is 0 Å². The summed E-state index contributed by atoms with van der Waals surface area (Å²) in [6.45, 7) is 6.94. The summed E-state index contributed by atoms with van der Waals surface area (Å²) in [5, 5.41) is 7.95. The van der Waals surface area contributed by atoms with Crippen LogP contribution in [-0.2, 0) is 20.0 Å². The van der Waals surface area contributed by atoms with Crippen molar-refractivity contribution >= 4 is 5.82 Å². The summed E-state index contributed by atoms with van der Waals surface area (Å²) in [6.07, 6.45) is 2.78. The molecule has 0 unspecified atom stereocenters. The van der Waals surface area contributed by atoms with Gasteiger partial charge in [-0.25, -0.2) is 0 Å². The lowest BCUT2D eigenvalue weighted by atomic mass is 10.2. The molecule has 2 heterocycles. The van der Waals surface area contributed by atoms with Crippen LogP contribution in [0.2, 0.25) is 0 Å². The Morgan fingerprint density at radius 3 is 2.81 bits per heavy atom. The average molecular weight is 287 g/mol. The third kappa shape index (κ3) is 3.82. The second-order valence-electron chi connectivity index (χ2n) is 5.28. The standard InChI is InChI=1S/C16H25N5/c1-5-17-12-15-13(2)19-21(4)16(15)20(3)11-9-14-8-6-7-10-18-14/h6-8,10,17H,5,9,11-12H2,1-4H3. The summed E-state index contributed by atoms with van der Waals surface area (Å²) in [5.41, 5.74) is 3.50. The van der Waals surface area contributed by atoms with E-state index in [4.69, 9.17) is 0 Å². The van der Waals surface area contributed by atoms with E-state index in [0.29, 0.717) is 0 Å². The minimum Gasteiger partial charge on any atom is -0.359 e. The molecular weight excluding hydrogens is 262 g/mol. The Morgan fingerprint density at radius 1 is 1.33 bits per heavy atom. The predicted molar refractivity (Wildman–Crippen MR) is 86.5 cm³/mol. The van der Waals surface area contributed by atoms with Gasteiger partial charge in [-0.1, -0.05) is 13.0 Å². The highest BCUT2D eigenvalue weighted by atomic mass is 15.4. The van der Waals surface area contributed by atoms with E-state index in [1.54, 1.807) is 0 Å². The first-order valence-electron chi connectivity index (χ1n) is 7.47. The molecule has 21 heavy (non-hydrogen) atoms. The Hall–Kier alpha value is -1.88. The summed E-state index contributed by atoms with van der Waals surface area (Å²) in [4.78, 5) is 6.65. The van der Waals surface area contributed by atoms with E-state index in [1.807, 2.05) is 30.1 Å². The Bertz CT molecular complexity index is 562. The Morgan fingerprint density at radius 2 is 2.14 bits per heavy atom. The minimum absolute atomic E-state index is 0.861. The quantitative estimate of drug-likeness (QED) is 0.845. The van der Waals surface area contributed by atoms with Crippen molar-refractivity contribution in [1.29, 1.82) is 0 Å². The first-order chi connectivity index (χ1) is 10.1. The first kappa shape index (κ1) is 15.5. The van der Waals surface area contributed by atoms with Gasteiger partial charge in [0.05, 0.1) is 5.69 Å². The molecule has 5 heteroatoms. The molecule has 114 valence electrons. The van der Waals surface area contributed by atoms with Crippen LogP contribution in [0.25, 0.3) is 0 Å². The lowest BCUT2D eigenvalue weighted by molar-refractivity contribution is 0.706. The van der Waals surface area contributed by atoms with Crippen molar-refractivity contribution in [2.75, 3.05) is 25.0 Å². The molecule has 2 aromatic rings. The monoisotopic (exact) mass is 287 g/mol. The highest BCUT2D eigenvalue weighted by molar-refractivity contribution is 5.49. The van der Waals surface area contributed by atoms with Gasteiger partial charge in [0.1, 0.15) is 5.82 Å². The van der Waals surface area contributed by atoms with Crippen LogP contribution in [0.3, 0.4) is 0 Å². The molecule has 0 amide bonds. The maximum atomic E-state index is 4.56. The van der Waals surface area contributed by atoms with E-state index >= 15 is 0 Å². The number of hydrogen-bond donors (Lipinski definition) is 1. The molecule has 0 bridgehead atoms. The summed E-state index contributed by atoms with van der Waals surface area (Å²) in [7, 11) is 4.13. The van der Waals surface area contributed by atoms with Gasteiger partial charge < -0.3 is 10.2 Å². The van der Waals surface area contributed by atoms with E-state index in [1.165, 1.54) is 11.4 Å². The number of rotatable bonds is 7. The number of hydrogen-bond acceptors (Lipinski definition) is 4. The maximum Gasteiger partial charge on any atom is 0.131 e. The van der Waals surface area contributed by atoms with E-state index in [9.17, 15) is 0 Å². The molecule has 0 fully saturated rings. The van der Waals surface area contributed by atoms with E-state index in [-0.39, 0.29) is 0 Å². The van der Waals surface area contributed by atoms with Crippen LogP contribution in [0.5, 0.6) is 0 Å². The number of nitrogens with zero attached hydrogens (tertiary/aromatic N) is 4. The van der Waals surface area contributed by atoms with Gasteiger partial charge in [0, 0.05) is 51.1 Å². The molecule has 2 aromatic heterocycles. The summed E-state index contributed by atoms with van der Waals surface area (Å²) >= 11 is 0. The van der Waals surface area contributed by atoms with E-state index in [2.05, 4.69) is 47.3 Å². The molecule has 0 radical (unpaired) electrons. The van der Waals surface area contributed by atoms with Crippen molar-refractivity contribution in [1.82, 2.24) is 20.1 Å². The average Bonchev–Trinajstić information content (AvgIpc) is 2.77. The van der Waals surface area contributed by atoms with Crippen molar-refractivity contribution in [3.63, 3.8) is 0 Å². The molecule has 0 aromatic carbocycles. The molecule has 5 nitrogen and oxygen atoms in total. The second kappa shape index (κ2) is 7.22. The number of aryl methyl sites for hydroxylation is 2. The van der Waals surface area contributed by atoms with Crippen LogP contribution in [-0.4, -0.2) is 34.9 Å². The van der Waals surface area contributed by atoms with Crippen molar-refractivity contribution in [2.45, 2.75) is 26.8 Å². The van der Waals surface area contributed by atoms with Crippen molar-refractivity contribution in [2.24, 2.45) is 7.05 Å². The summed E-state index contributed by atoms with van der Waals surface area (Å²) < 4.78 is 1.97. The molecule has 0 aliphatic rings. The van der Waals surface area contributed by atoms with E-state index < -0.39 is 0 Å². The van der Waals surface area contributed by atoms with Gasteiger partial charge in [0.25, 0.3) is 0 Å². The first-order valence-corrected chi connectivity index (χ1v) is 7.47. The van der Waals surface area contributed by atoms with Crippen LogP contribution >= 0.6 is 0 Å². The lowest BCUT2D eigenvalue weighted by Crippen LogP contribution is -2.25. The van der Waals surface area contributed by atoms with Gasteiger partial charge in [-0.3, -0.25) is 9.67 Å². The Kier molecular flexibility index (Phi) is 5.33. The zero-order valence-corrected chi connectivity index (χ0v) is 13.4. The van der Waals surface area contributed by atoms with E-state index in [0.717, 1.165) is 37.4 Å². The number of nitrogens with one attached hydrogen (secondary N) is 1. The molecule has 0 saturated carbocycles. The SMILES string of the molecule is CCNCc1c(C)nn(C)c1N(C)CCc1ccccn1. The maximum absolute atomic E-state index is 4.56. The fourth-order valence-electron chi connectivity index (χ4n) is 2.56. The smallest absolute Gasteiger partial charge is 0.131 e. The molecule has 0 aliphatic heterocycles. The lowest BCUT2D eigenvalue weighted by Gasteiger charge is -2.21. The summed E-state index contributed by atoms with van der Waals surface area (Å²) in [5.74, 6) is 1.18. The number of aromatic nitrogens is 3. The number of anilines is 1. The molecule has 1 N–H and O–H groups in total. The van der Waals surface area contributed by atoms with Crippen molar-refractivity contribution < 1.29 is 0 Å². The van der Waals surface area contributed by atoms with Gasteiger partial charge in [0.2, 0.25) is 0 Å². The Labute approximate surface area is 127 Å². The Balaban J connectivity index is 2.09. The third-order valence-corrected chi connectivity index (χ3v) is 3.66. The molecule has 0 aliphatic carbocycles. The largest absolute Gasteiger partial charge is 0.359 e. The van der Waals surface area contributed by atoms with Gasteiger partial charge in [0.15, 0.2) is 0 Å². The highest BCUT2D eigenvalue weighted by Crippen LogP contribution is 2.22. The van der Waals surface area contributed by atoms with Crippen LogP contribution in [0.15, 0.2) is 24.4 Å². The number of likely N-dealkylation sites (N-methyl/N-ethyl adjacent to an activating group) is 1. The van der Waals surface area contributed by atoms with Crippen molar-refractivity contribution in [3.05, 3.63) is 41.3 Å². The molecule has 0 saturated heterocycles. The minimum atomic E-state index is 0.861. The van der Waals surface area contributed by atoms with Gasteiger partial charge in [-0.2, -0.15) is 5.10 Å². The zero-order valence-electron chi connectivity index (χ0n) is 13.4. The topological polar surface area (TPSA) is 46.0 Å². The molecule has 2 rings (SSSR count). The van der Waals surface area contributed by atoms with Gasteiger partial charge in [-0.15, -0.1) is 0 Å². The second-order valence-corrected chi connectivity index (χ2v) is 5.28. The fourth-order valence-corrected chi connectivity index (χ4v) is 2.56. The molecule has 0 atom stereocenters. The van der Waals surface area contributed by atoms with Crippen LogP contribution < -0.4 is 10.2 Å². The third-order valence-electron chi connectivity index (χ3n) is 3.66. The van der Waals surface area contributed by atoms with Crippen LogP contribution in [0, 0.1) is 6.92 Å². The number of pyridine rings is 1.